The Balaban J connectivity index is 1.45. The molecule has 158 valence electrons. The van der Waals surface area contributed by atoms with Gasteiger partial charge in [0.05, 0.1) is 22.1 Å². The van der Waals surface area contributed by atoms with Crippen LogP contribution in [-0.2, 0) is 0 Å². The van der Waals surface area contributed by atoms with E-state index in [2.05, 4.69) is 19.9 Å². The van der Waals surface area contributed by atoms with Crippen molar-refractivity contribution in [3.63, 3.8) is 0 Å². The fourth-order valence-electron chi connectivity index (χ4n) is 3.52. The number of rotatable bonds is 4. The van der Waals surface area contributed by atoms with Crippen molar-refractivity contribution in [1.82, 2.24) is 30.9 Å². The molecule has 0 radical (unpaired) electrons. The van der Waals surface area contributed by atoms with Crippen LogP contribution in [-0.4, -0.2) is 42.0 Å². The van der Waals surface area contributed by atoms with Crippen LogP contribution >= 0.6 is 0 Å². The van der Waals surface area contributed by atoms with Gasteiger partial charge in [-0.05, 0) is 36.4 Å². The van der Waals surface area contributed by atoms with E-state index < -0.39 is 0 Å². The Kier molecular flexibility index (Phi) is 4.62. The third-order valence-corrected chi connectivity index (χ3v) is 5.20. The molecule has 0 atom stereocenters. The lowest BCUT2D eigenvalue weighted by molar-refractivity contribution is 0.234. The van der Waals surface area contributed by atoms with E-state index in [9.17, 15) is 0 Å². The van der Waals surface area contributed by atoms with Gasteiger partial charge in [-0.3, -0.25) is 32.2 Å². The Morgan fingerprint density at radius 2 is 1.06 bits per heavy atom. The molecule has 5 rings (SSSR count). The molecule has 10 nitrogen and oxygen atoms in total. The maximum Gasteiger partial charge on any atom is 0.149 e. The summed E-state index contributed by atoms with van der Waals surface area (Å²) in [6.45, 7) is 0. The highest BCUT2D eigenvalue weighted by atomic mass is 16.5. The monoisotopic (exact) mass is 426 g/mol. The lowest BCUT2D eigenvalue weighted by Gasteiger charge is -2.00. The molecule has 3 aromatic carbocycles. The quantitative estimate of drug-likeness (QED) is 0.124. The average molecular weight is 426 g/mol. The largest absolute Gasteiger partial charge is 0.338 e. The highest BCUT2D eigenvalue weighted by molar-refractivity contribution is 5.99. The molecule has 0 bridgehead atoms. The minimum atomic E-state index is -0.0881. The predicted octanol–water partition coefficient (Wildman–Crippen LogP) is 3.38. The first-order valence-corrected chi connectivity index (χ1v) is 9.64. The van der Waals surface area contributed by atoms with Crippen molar-refractivity contribution >= 4 is 33.7 Å². The molecular formula is C22H18N8O2. The molecule has 0 spiro atoms. The van der Waals surface area contributed by atoms with Gasteiger partial charge < -0.3 is 9.97 Å². The van der Waals surface area contributed by atoms with Crippen LogP contribution in [0.3, 0.4) is 0 Å². The van der Waals surface area contributed by atoms with Gasteiger partial charge in [0.1, 0.15) is 23.3 Å². The number of H-pyrrole nitrogens is 2. The van der Waals surface area contributed by atoms with Crippen molar-refractivity contribution in [2.75, 3.05) is 0 Å². The zero-order chi connectivity index (χ0) is 22.2. The average Bonchev–Trinajstić information content (AvgIpc) is 3.46. The molecular weight excluding hydrogens is 408 g/mol. The van der Waals surface area contributed by atoms with Crippen molar-refractivity contribution in [2.24, 2.45) is 0 Å². The van der Waals surface area contributed by atoms with Crippen LogP contribution in [0, 0.1) is 10.8 Å². The van der Waals surface area contributed by atoms with Crippen LogP contribution in [0.15, 0.2) is 60.7 Å². The van der Waals surface area contributed by atoms with E-state index >= 15 is 0 Å². The van der Waals surface area contributed by atoms with Gasteiger partial charge in [-0.25, -0.2) is 9.97 Å². The van der Waals surface area contributed by atoms with Gasteiger partial charge in [-0.2, -0.15) is 0 Å². The molecule has 0 saturated heterocycles. The van der Waals surface area contributed by atoms with Crippen LogP contribution in [0.2, 0.25) is 0 Å². The molecule has 0 fully saturated rings. The normalized spacial score (nSPS) is 11.1. The number of nitrogens with one attached hydrogen (secondary N) is 6. The smallest absolute Gasteiger partial charge is 0.149 e. The van der Waals surface area contributed by atoms with E-state index in [1.165, 1.54) is 0 Å². The predicted molar refractivity (Wildman–Crippen MR) is 120 cm³/mol. The van der Waals surface area contributed by atoms with E-state index in [0.29, 0.717) is 22.8 Å². The summed E-state index contributed by atoms with van der Waals surface area (Å²) in [5.74, 6) is 1.21. The molecule has 0 unspecified atom stereocenters. The van der Waals surface area contributed by atoms with E-state index in [4.69, 9.17) is 21.2 Å². The van der Waals surface area contributed by atoms with Gasteiger partial charge in [-0.15, -0.1) is 0 Å². The van der Waals surface area contributed by atoms with Crippen molar-refractivity contribution in [3.05, 3.63) is 71.8 Å². The minimum Gasteiger partial charge on any atom is -0.338 e. The Morgan fingerprint density at radius 3 is 1.44 bits per heavy atom. The Hall–Kier alpha value is -4.54. The molecule has 10 heteroatoms. The Bertz CT molecular complexity index is 1370. The van der Waals surface area contributed by atoms with Gasteiger partial charge in [-0.1, -0.05) is 24.3 Å². The number of hydrogen-bond acceptors (Lipinski definition) is 6. The van der Waals surface area contributed by atoms with Gasteiger partial charge in [0.25, 0.3) is 0 Å². The van der Waals surface area contributed by atoms with Crippen molar-refractivity contribution in [1.29, 1.82) is 10.8 Å². The topological polar surface area (TPSA) is 170 Å². The van der Waals surface area contributed by atoms with Crippen molar-refractivity contribution in [3.8, 4) is 22.8 Å². The van der Waals surface area contributed by atoms with E-state index in [1.807, 2.05) is 35.2 Å². The number of benzene rings is 3. The number of imidazole rings is 2. The molecule has 32 heavy (non-hydrogen) atoms. The summed E-state index contributed by atoms with van der Waals surface area (Å²) in [7, 11) is 0. The summed E-state index contributed by atoms with van der Waals surface area (Å²) < 4.78 is 0. The second-order valence-electron chi connectivity index (χ2n) is 7.19. The lowest BCUT2D eigenvalue weighted by atomic mass is 10.1. The number of hydrogen-bond donors (Lipinski definition) is 8. The lowest BCUT2D eigenvalue weighted by Crippen LogP contribution is -2.18. The fourth-order valence-corrected chi connectivity index (χ4v) is 3.52. The maximum atomic E-state index is 8.93. The Labute approximate surface area is 180 Å². The zero-order valence-electron chi connectivity index (χ0n) is 16.6. The maximum absolute atomic E-state index is 8.93. The van der Waals surface area contributed by atoms with E-state index in [-0.39, 0.29) is 11.7 Å². The second-order valence-corrected chi connectivity index (χ2v) is 7.19. The van der Waals surface area contributed by atoms with Crippen LogP contribution < -0.4 is 11.0 Å². The van der Waals surface area contributed by atoms with Crippen molar-refractivity contribution < 1.29 is 10.4 Å². The second kappa shape index (κ2) is 7.61. The highest BCUT2D eigenvalue weighted by Crippen LogP contribution is 2.26. The molecule has 8 N–H and O–H groups in total. The molecule has 0 aliphatic carbocycles. The summed E-state index contributed by atoms with van der Waals surface area (Å²) in [5.41, 5.74) is 9.60. The van der Waals surface area contributed by atoms with Crippen LogP contribution in [0.5, 0.6) is 0 Å². The summed E-state index contributed by atoms with van der Waals surface area (Å²) in [5, 5.41) is 33.2. The zero-order valence-corrected chi connectivity index (χ0v) is 16.6. The number of hydroxylamine groups is 2. The molecule has 0 saturated carbocycles. The first-order valence-electron chi connectivity index (χ1n) is 9.64. The molecule has 5 aromatic rings. The highest BCUT2D eigenvalue weighted by Gasteiger charge is 2.11. The summed E-state index contributed by atoms with van der Waals surface area (Å²) in [4.78, 5) is 15.7. The number of fused-ring (bicyclic) bond motifs is 2. The standard InChI is InChI=1S/C22H18N8O2/c23-19(29-31)13-5-7-15-17(9-13)27-21(25-15)11-1-2-12(4-3-11)22-26-16-8-6-14(20(24)30-32)10-18(16)28-22/h1-10,31-32H,(H2,23,29)(H2,24,30)(H,25,27)(H,26,28). The Morgan fingerprint density at radius 1 is 0.656 bits per heavy atom. The third-order valence-electron chi connectivity index (χ3n) is 5.20. The minimum absolute atomic E-state index is 0.0881. The number of aromatic nitrogens is 4. The molecule has 0 aliphatic heterocycles. The molecule has 2 heterocycles. The van der Waals surface area contributed by atoms with Crippen LogP contribution in [0.4, 0.5) is 0 Å². The fraction of sp³-hybridized carbons (Fsp3) is 0. The first kappa shape index (κ1) is 19.4. The van der Waals surface area contributed by atoms with Gasteiger partial charge in [0.2, 0.25) is 0 Å². The summed E-state index contributed by atoms with van der Waals surface area (Å²) >= 11 is 0. The van der Waals surface area contributed by atoms with Gasteiger partial charge in [0, 0.05) is 22.3 Å². The molecule has 2 aromatic heterocycles. The van der Waals surface area contributed by atoms with Crippen molar-refractivity contribution in [2.45, 2.75) is 0 Å². The van der Waals surface area contributed by atoms with E-state index in [0.717, 1.165) is 33.2 Å². The molecule has 0 aliphatic rings. The number of amidine groups is 2. The van der Waals surface area contributed by atoms with Gasteiger partial charge >= 0.3 is 0 Å². The SMILES string of the molecule is N=C(NO)c1ccc2nc(-c3ccc(-c4nc5ccc(C(=N)NO)cc5[nH]4)cc3)[nH]c2c1. The first-order chi connectivity index (χ1) is 15.6. The molecule has 0 amide bonds. The van der Waals surface area contributed by atoms with Gasteiger partial charge in [0.15, 0.2) is 0 Å². The number of nitrogens with zero attached hydrogens (tertiary/aromatic N) is 2. The van der Waals surface area contributed by atoms with Crippen LogP contribution in [0.1, 0.15) is 11.1 Å². The third kappa shape index (κ3) is 3.35. The number of aromatic amines is 2. The van der Waals surface area contributed by atoms with Crippen LogP contribution in [0.25, 0.3) is 44.8 Å². The summed E-state index contributed by atoms with van der Waals surface area (Å²) in [6, 6.07) is 18.3. The van der Waals surface area contributed by atoms with E-state index in [1.54, 1.807) is 36.4 Å². The summed E-state index contributed by atoms with van der Waals surface area (Å²) in [6.07, 6.45) is 0.